The van der Waals surface area contributed by atoms with Crippen molar-refractivity contribution in [2.45, 2.75) is 6.54 Å². The fourth-order valence-electron chi connectivity index (χ4n) is 3.30. The second-order valence-electron chi connectivity index (χ2n) is 6.94. The average molecular weight is 537 g/mol. The van der Waals surface area contributed by atoms with Gasteiger partial charge in [0.15, 0.2) is 5.96 Å². The smallest absolute Gasteiger partial charge is 0.225 e. The van der Waals surface area contributed by atoms with Crippen LogP contribution in [0, 0.1) is 0 Å². The van der Waals surface area contributed by atoms with Crippen LogP contribution < -0.4 is 20.3 Å². The number of rotatable bonds is 9. The van der Waals surface area contributed by atoms with Crippen molar-refractivity contribution in [2.24, 2.45) is 4.99 Å². The van der Waals surface area contributed by atoms with Crippen LogP contribution in [0.15, 0.2) is 60.4 Å². The largest absolute Gasteiger partial charge is 0.489 e. The molecule has 1 aliphatic heterocycles. The molecule has 168 valence electrons. The zero-order valence-electron chi connectivity index (χ0n) is 18.0. The van der Waals surface area contributed by atoms with Crippen molar-refractivity contribution in [3.05, 3.63) is 60.9 Å². The van der Waals surface area contributed by atoms with Crippen LogP contribution in [0.1, 0.15) is 5.56 Å². The van der Waals surface area contributed by atoms with Gasteiger partial charge in [-0.3, -0.25) is 9.89 Å². The van der Waals surface area contributed by atoms with Gasteiger partial charge in [-0.2, -0.15) is 0 Å². The van der Waals surface area contributed by atoms with E-state index in [0.717, 1.165) is 62.5 Å². The maximum atomic E-state index is 5.72. The Balaban J connectivity index is 0.00000341. The molecule has 0 bridgehead atoms. The molecular formula is C22H32IN7O. The normalized spacial score (nSPS) is 14.5. The van der Waals surface area contributed by atoms with Crippen molar-refractivity contribution in [2.75, 3.05) is 57.8 Å². The Labute approximate surface area is 201 Å². The number of aliphatic imine (C=N–C) groups is 1. The molecule has 0 radical (unpaired) electrons. The fourth-order valence-corrected chi connectivity index (χ4v) is 3.30. The molecule has 0 saturated carbocycles. The van der Waals surface area contributed by atoms with Gasteiger partial charge in [-0.15, -0.1) is 24.0 Å². The Morgan fingerprint density at radius 2 is 1.87 bits per heavy atom. The fraction of sp³-hybridized carbons (Fsp3) is 0.409. The Morgan fingerprint density at radius 1 is 1.13 bits per heavy atom. The molecule has 9 heteroatoms. The summed E-state index contributed by atoms with van der Waals surface area (Å²) in [6.45, 7) is 10.5. The Kier molecular flexibility index (Phi) is 11.1. The minimum atomic E-state index is 0. The van der Waals surface area contributed by atoms with Crippen LogP contribution >= 0.6 is 24.0 Å². The zero-order valence-corrected chi connectivity index (χ0v) is 20.4. The summed E-state index contributed by atoms with van der Waals surface area (Å²) in [4.78, 5) is 17.7. The van der Waals surface area contributed by atoms with Crippen LogP contribution in [0.3, 0.4) is 0 Å². The highest BCUT2D eigenvalue weighted by atomic mass is 127. The van der Waals surface area contributed by atoms with Crippen molar-refractivity contribution >= 4 is 35.9 Å². The van der Waals surface area contributed by atoms with Crippen LogP contribution in [0.2, 0.25) is 0 Å². The summed E-state index contributed by atoms with van der Waals surface area (Å²) in [5.74, 6) is 2.46. The number of ether oxygens (including phenoxy) is 1. The second-order valence-corrected chi connectivity index (χ2v) is 6.94. The molecule has 31 heavy (non-hydrogen) atoms. The van der Waals surface area contributed by atoms with Gasteiger partial charge in [0.1, 0.15) is 12.4 Å². The Bertz CT molecular complexity index is 811. The van der Waals surface area contributed by atoms with E-state index in [2.05, 4.69) is 48.0 Å². The SMILES string of the molecule is C=CCOc1ccccc1CNC(=NC)NCCN1CCN(c2ncccn2)CC1.I. The predicted molar refractivity (Wildman–Crippen MR) is 136 cm³/mol. The molecule has 0 unspecified atom stereocenters. The van der Waals surface area contributed by atoms with E-state index in [9.17, 15) is 0 Å². The third-order valence-corrected chi connectivity index (χ3v) is 4.93. The van der Waals surface area contributed by atoms with Gasteiger partial charge < -0.3 is 20.3 Å². The summed E-state index contributed by atoms with van der Waals surface area (Å²) in [6, 6.07) is 9.84. The van der Waals surface area contributed by atoms with Crippen molar-refractivity contribution < 1.29 is 4.74 Å². The maximum Gasteiger partial charge on any atom is 0.225 e. The lowest BCUT2D eigenvalue weighted by Gasteiger charge is -2.34. The molecule has 1 aromatic heterocycles. The topological polar surface area (TPSA) is 77.9 Å². The minimum absolute atomic E-state index is 0. The van der Waals surface area contributed by atoms with Crippen molar-refractivity contribution in [1.29, 1.82) is 0 Å². The van der Waals surface area contributed by atoms with Crippen LogP contribution in [0.25, 0.3) is 0 Å². The quantitative estimate of drug-likeness (QED) is 0.220. The molecule has 1 aromatic carbocycles. The molecule has 0 spiro atoms. The summed E-state index contributed by atoms with van der Waals surface area (Å²) in [6.07, 6.45) is 5.33. The number of anilines is 1. The van der Waals surface area contributed by atoms with E-state index in [4.69, 9.17) is 4.74 Å². The number of para-hydroxylation sites is 1. The van der Waals surface area contributed by atoms with Crippen molar-refractivity contribution in [1.82, 2.24) is 25.5 Å². The van der Waals surface area contributed by atoms with Gasteiger partial charge in [-0.05, 0) is 12.1 Å². The Morgan fingerprint density at radius 3 is 2.58 bits per heavy atom. The number of hydrogen-bond acceptors (Lipinski definition) is 6. The van der Waals surface area contributed by atoms with Gasteiger partial charge in [0, 0.05) is 70.8 Å². The Hall–Kier alpha value is -2.40. The third kappa shape index (κ3) is 7.98. The summed E-state index contributed by atoms with van der Waals surface area (Å²) in [7, 11) is 1.79. The van der Waals surface area contributed by atoms with Gasteiger partial charge in [0.2, 0.25) is 5.95 Å². The molecule has 2 aromatic rings. The van der Waals surface area contributed by atoms with Crippen LogP contribution in [0.4, 0.5) is 5.95 Å². The zero-order chi connectivity index (χ0) is 21.0. The molecule has 0 atom stereocenters. The lowest BCUT2D eigenvalue weighted by molar-refractivity contribution is 0.260. The van der Waals surface area contributed by atoms with E-state index in [1.54, 1.807) is 25.5 Å². The van der Waals surface area contributed by atoms with E-state index in [0.29, 0.717) is 13.2 Å². The summed E-state index contributed by atoms with van der Waals surface area (Å²) in [5.41, 5.74) is 1.08. The van der Waals surface area contributed by atoms with Gasteiger partial charge in [-0.1, -0.05) is 30.9 Å². The molecule has 2 heterocycles. The molecule has 0 amide bonds. The van der Waals surface area contributed by atoms with E-state index in [-0.39, 0.29) is 24.0 Å². The number of nitrogens with zero attached hydrogens (tertiary/aromatic N) is 5. The number of nitrogens with one attached hydrogen (secondary N) is 2. The average Bonchev–Trinajstić information content (AvgIpc) is 2.81. The van der Waals surface area contributed by atoms with Crippen LogP contribution in [-0.4, -0.2) is 73.8 Å². The lowest BCUT2D eigenvalue weighted by atomic mass is 10.2. The first kappa shape index (κ1) is 24.9. The van der Waals surface area contributed by atoms with Crippen LogP contribution in [-0.2, 0) is 6.54 Å². The standard InChI is InChI=1S/C22H31N7O.HI/c1-3-17-30-20-8-5-4-7-19(20)18-27-21(23-2)24-11-12-28-13-15-29(16-14-28)22-25-9-6-10-26-22;/h3-10H,1,11-18H2,2H3,(H2,23,24,27);1H. The summed E-state index contributed by atoms with van der Waals surface area (Å²) < 4.78 is 5.72. The highest BCUT2D eigenvalue weighted by molar-refractivity contribution is 14.0. The molecule has 1 fully saturated rings. The number of halogens is 1. The monoisotopic (exact) mass is 537 g/mol. The number of guanidine groups is 1. The molecule has 1 aliphatic rings. The van der Waals surface area contributed by atoms with Gasteiger partial charge in [0.05, 0.1) is 0 Å². The van der Waals surface area contributed by atoms with Gasteiger partial charge in [-0.25, -0.2) is 9.97 Å². The van der Waals surface area contributed by atoms with E-state index >= 15 is 0 Å². The molecule has 2 N–H and O–H groups in total. The van der Waals surface area contributed by atoms with E-state index in [1.807, 2.05) is 24.3 Å². The highest BCUT2D eigenvalue weighted by Gasteiger charge is 2.18. The molecule has 0 aliphatic carbocycles. The molecular weight excluding hydrogens is 505 g/mol. The predicted octanol–water partition coefficient (Wildman–Crippen LogP) is 2.15. The second kappa shape index (κ2) is 13.8. The highest BCUT2D eigenvalue weighted by Crippen LogP contribution is 2.17. The minimum Gasteiger partial charge on any atom is -0.489 e. The van der Waals surface area contributed by atoms with Gasteiger partial charge >= 0.3 is 0 Å². The third-order valence-electron chi connectivity index (χ3n) is 4.93. The first-order chi connectivity index (χ1) is 14.8. The first-order valence-corrected chi connectivity index (χ1v) is 10.3. The maximum absolute atomic E-state index is 5.72. The van der Waals surface area contributed by atoms with E-state index < -0.39 is 0 Å². The summed E-state index contributed by atoms with van der Waals surface area (Å²) >= 11 is 0. The van der Waals surface area contributed by atoms with Crippen LogP contribution in [0.5, 0.6) is 5.75 Å². The number of aromatic nitrogens is 2. The molecule has 3 rings (SSSR count). The van der Waals surface area contributed by atoms with Crippen molar-refractivity contribution in [3.63, 3.8) is 0 Å². The van der Waals surface area contributed by atoms with Gasteiger partial charge in [0.25, 0.3) is 0 Å². The molecule has 1 saturated heterocycles. The number of benzene rings is 1. The number of piperazine rings is 1. The van der Waals surface area contributed by atoms with Crippen molar-refractivity contribution in [3.8, 4) is 5.75 Å². The first-order valence-electron chi connectivity index (χ1n) is 10.3. The van der Waals surface area contributed by atoms with E-state index in [1.165, 1.54) is 0 Å². The number of hydrogen-bond donors (Lipinski definition) is 2. The lowest BCUT2D eigenvalue weighted by Crippen LogP contribution is -2.49. The summed E-state index contributed by atoms with van der Waals surface area (Å²) in [5, 5.41) is 6.75. The molecule has 8 nitrogen and oxygen atoms in total.